The Labute approximate surface area is 199 Å². The van der Waals surface area contributed by atoms with Crippen LogP contribution in [0.25, 0.3) is 17.5 Å². The molecular formula is C26H31N3O5. The molecule has 0 saturated carbocycles. The fourth-order valence-corrected chi connectivity index (χ4v) is 3.30. The molecule has 0 radical (unpaired) electrons. The minimum Gasteiger partial charge on any atom is -0.497 e. The number of carbonyl (C=O) groups is 1. The molecule has 0 unspecified atom stereocenters. The van der Waals surface area contributed by atoms with E-state index >= 15 is 0 Å². The second-order valence-electron chi connectivity index (χ2n) is 7.52. The van der Waals surface area contributed by atoms with E-state index < -0.39 is 0 Å². The van der Waals surface area contributed by atoms with Gasteiger partial charge in [0.15, 0.2) is 11.5 Å². The maximum absolute atomic E-state index is 12.1. The Bertz CT molecular complexity index is 1080. The van der Waals surface area contributed by atoms with Crippen molar-refractivity contribution in [2.24, 2.45) is 0 Å². The number of nitrogens with one attached hydrogen (secondary N) is 1. The van der Waals surface area contributed by atoms with Crippen LogP contribution >= 0.6 is 0 Å². The Morgan fingerprint density at radius 2 is 1.85 bits per heavy atom. The molecule has 0 saturated heterocycles. The summed E-state index contributed by atoms with van der Waals surface area (Å²) in [5.41, 5.74) is 1.75. The summed E-state index contributed by atoms with van der Waals surface area (Å²) in [6.07, 6.45) is 6.71. The summed E-state index contributed by atoms with van der Waals surface area (Å²) in [5, 5.41) is 6.95. The number of aryl methyl sites for hydroxylation is 1. The van der Waals surface area contributed by atoms with E-state index in [1.54, 1.807) is 20.3 Å². The van der Waals surface area contributed by atoms with Crippen molar-refractivity contribution in [2.75, 3.05) is 27.4 Å². The molecule has 1 amide bonds. The van der Waals surface area contributed by atoms with Gasteiger partial charge in [0.2, 0.25) is 17.6 Å². The molecule has 8 heteroatoms. The Morgan fingerprint density at radius 1 is 1.03 bits per heavy atom. The maximum Gasteiger partial charge on any atom is 0.243 e. The summed E-state index contributed by atoms with van der Waals surface area (Å²) >= 11 is 0. The predicted octanol–water partition coefficient (Wildman–Crippen LogP) is 4.69. The van der Waals surface area contributed by atoms with E-state index in [-0.39, 0.29) is 5.91 Å². The summed E-state index contributed by atoms with van der Waals surface area (Å²) in [7, 11) is 3.23. The largest absolute Gasteiger partial charge is 0.497 e. The first-order valence-electron chi connectivity index (χ1n) is 11.4. The van der Waals surface area contributed by atoms with E-state index in [1.807, 2.05) is 49.4 Å². The van der Waals surface area contributed by atoms with Gasteiger partial charge in [-0.05, 0) is 67.8 Å². The topological polar surface area (TPSA) is 95.7 Å². The minimum absolute atomic E-state index is 0.130. The first-order chi connectivity index (χ1) is 16.6. The van der Waals surface area contributed by atoms with Crippen molar-refractivity contribution in [1.29, 1.82) is 0 Å². The van der Waals surface area contributed by atoms with E-state index in [4.69, 9.17) is 18.7 Å². The van der Waals surface area contributed by atoms with Crippen LogP contribution in [0.3, 0.4) is 0 Å². The Morgan fingerprint density at radius 3 is 2.59 bits per heavy atom. The van der Waals surface area contributed by atoms with Gasteiger partial charge in [-0.1, -0.05) is 17.6 Å². The van der Waals surface area contributed by atoms with Gasteiger partial charge in [0, 0.05) is 24.6 Å². The Balaban J connectivity index is 1.35. The highest BCUT2D eigenvalue weighted by molar-refractivity contribution is 5.91. The molecular weight excluding hydrogens is 434 g/mol. The lowest BCUT2D eigenvalue weighted by Gasteiger charge is -2.09. The molecule has 0 aliphatic rings. The molecule has 0 spiro atoms. The predicted molar refractivity (Wildman–Crippen MR) is 130 cm³/mol. The third kappa shape index (κ3) is 7.37. The average Bonchev–Trinajstić information content (AvgIpc) is 3.34. The van der Waals surface area contributed by atoms with E-state index in [9.17, 15) is 4.79 Å². The number of rotatable bonds is 13. The number of ether oxygens (including phenoxy) is 3. The zero-order chi connectivity index (χ0) is 24.2. The zero-order valence-electron chi connectivity index (χ0n) is 19.9. The fourth-order valence-electron chi connectivity index (χ4n) is 3.30. The van der Waals surface area contributed by atoms with Crippen molar-refractivity contribution >= 4 is 12.0 Å². The Kier molecular flexibility index (Phi) is 9.52. The second-order valence-corrected chi connectivity index (χ2v) is 7.52. The molecule has 1 N–H and O–H groups in total. The van der Waals surface area contributed by atoms with Gasteiger partial charge in [-0.15, -0.1) is 0 Å². The van der Waals surface area contributed by atoms with Crippen molar-refractivity contribution in [1.82, 2.24) is 15.5 Å². The number of nitrogens with zero attached hydrogens (tertiary/aromatic N) is 2. The maximum atomic E-state index is 12.1. The molecule has 0 aliphatic carbocycles. The molecule has 1 heterocycles. The summed E-state index contributed by atoms with van der Waals surface area (Å²) in [6, 6.07) is 13.1. The van der Waals surface area contributed by atoms with Crippen molar-refractivity contribution in [3.8, 4) is 28.6 Å². The number of carbonyl (C=O) groups excluding carboxylic acids is 1. The van der Waals surface area contributed by atoms with Gasteiger partial charge < -0.3 is 24.1 Å². The molecule has 2 aromatic carbocycles. The van der Waals surface area contributed by atoms with Gasteiger partial charge in [-0.3, -0.25) is 4.79 Å². The highest BCUT2D eigenvalue weighted by Gasteiger charge is 2.09. The van der Waals surface area contributed by atoms with Crippen LogP contribution in [-0.4, -0.2) is 43.4 Å². The van der Waals surface area contributed by atoms with Crippen molar-refractivity contribution < 1.29 is 23.5 Å². The second kappa shape index (κ2) is 13.0. The number of hydrogen-bond donors (Lipinski definition) is 1. The van der Waals surface area contributed by atoms with Gasteiger partial charge in [-0.2, -0.15) is 4.98 Å². The van der Waals surface area contributed by atoms with Crippen molar-refractivity contribution in [2.45, 2.75) is 32.6 Å². The summed E-state index contributed by atoms with van der Waals surface area (Å²) in [5.74, 6) is 3.16. The number of hydrogen-bond acceptors (Lipinski definition) is 7. The summed E-state index contributed by atoms with van der Waals surface area (Å²) in [4.78, 5) is 16.5. The van der Waals surface area contributed by atoms with Gasteiger partial charge in [0.1, 0.15) is 5.75 Å². The zero-order valence-corrected chi connectivity index (χ0v) is 19.9. The average molecular weight is 466 g/mol. The van der Waals surface area contributed by atoms with Gasteiger partial charge in [0.25, 0.3) is 0 Å². The molecule has 0 bridgehead atoms. The van der Waals surface area contributed by atoms with Crippen LogP contribution in [0.2, 0.25) is 0 Å². The van der Waals surface area contributed by atoms with Crippen LogP contribution in [0.4, 0.5) is 0 Å². The van der Waals surface area contributed by atoms with E-state index in [1.165, 1.54) is 6.08 Å². The molecule has 0 fully saturated rings. The standard InChI is InChI=1S/C26H31N3O5/c1-4-33-23-18-19(9-15-22(23)32-3)10-16-24(30)27-17-7-5-6-8-25-28-26(29-34-25)20-11-13-21(31-2)14-12-20/h9-16,18H,4-8,17H2,1-3H3,(H,27,30)/b16-10+. The van der Waals surface area contributed by atoms with Crippen LogP contribution in [0, 0.1) is 0 Å². The van der Waals surface area contributed by atoms with Crippen LogP contribution in [-0.2, 0) is 11.2 Å². The first kappa shape index (κ1) is 24.8. The third-order valence-corrected chi connectivity index (χ3v) is 5.10. The minimum atomic E-state index is -0.130. The first-order valence-corrected chi connectivity index (χ1v) is 11.4. The molecule has 3 aromatic rings. The van der Waals surface area contributed by atoms with Crippen molar-refractivity contribution in [3.05, 3.63) is 60.0 Å². The van der Waals surface area contributed by atoms with Crippen LogP contribution in [0.1, 0.15) is 37.6 Å². The lowest BCUT2D eigenvalue weighted by Crippen LogP contribution is -2.22. The van der Waals surface area contributed by atoms with Gasteiger partial charge in [0.05, 0.1) is 20.8 Å². The molecule has 0 aliphatic heterocycles. The molecule has 3 rings (SSSR count). The third-order valence-electron chi connectivity index (χ3n) is 5.10. The molecule has 34 heavy (non-hydrogen) atoms. The SMILES string of the molecule is CCOc1cc(/C=C/C(=O)NCCCCCc2nc(-c3ccc(OC)cc3)no2)ccc1OC. The van der Waals surface area contributed by atoms with Crippen molar-refractivity contribution in [3.63, 3.8) is 0 Å². The molecule has 0 atom stereocenters. The lowest BCUT2D eigenvalue weighted by atomic mass is 10.1. The highest BCUT2D eigenvalue weighted by atomic mass is 16.5. The highest BCUT2D eigenvalue weighted by Crippen LogP contribution is 2.28. The monoisotopic (exact) mass is 465 g/mol. The smallest absolute Gasteiger partial charge is 0.243 e. The van der Waals surface area contributed by atoms with Crippen LogP contribution < -0.4 is 19.5 Å². The van der Waals surface area contributed by atoms with Crippen LogP contribution in [0.5, 0.6) is 17.2 Å². The number of benzene rings is 2. The summed E-state index contributed by atoms with van der Waals surface area (Å²) < 4.78 is 21.3. The van der Waals surface area contributed by atoms with E-state index in [0.29, 0.717) is 42.8 Å². The molecule has 1 aromatic heterocycles. The fraction of sp³-hybridized carbons (Fsp3) is 0.346. The number of methoxy groups -OCH3 is 2. The number of aromatic nitrogens is 2. The molecule has 8 nitrogen and oxygen atoms in total. The van der Waals surface area contributed by atoms with Crippen LogP contribution in [0.15, 0.2) is 53.1 Å². The molecule has 180 valence electrons. The normalized spacial score (nSPS) is 10.9. The number of unbranched alkanes of at least 4 members (excludes halogenated alkanes) is 2. The Hall–Kier alpha value is -3.81. The van der Waals surface area contributed by atoms with E-state index in [0.717, 1.165) is 36.1 Å². The summed E-state index contributed by atoms with van der Waals surface area (Å²) in [6.45, 7) is 3.06. The number of amides is 1. The quantitative estimate of drug-likeness (QED) is 0.289. The van der Waals surface area contributed by atoms with E-state index in [2.05, 4.69) is 15.5 Å². The van der Waals surface area contributed by atoms with Gasteiger partial charge >= 0.3 is 0 Å². The van der Waals surface area contributed by atoms with Gasteiger partial charge in [-0.25, -0.2) is 0 Å². The lowest BCUT2D eigenvalue weighted by molar-refractivity contribution is -0.116.